The first-order valence-corrected chi connectivity index (χ1v) is 6.18. The monoisotopic (exact) mass is 265 g/mol. The number of carboxylic acid groups (broad SMARTS) is 1. The lowest BCUT2D eigenvalue weighted by Gasteiger charge is -2.20. The lowest BCUT2D eigenvalue weighted by atomic mass is 10.2. The fraction of sp³-hybridized carbons (Fsp3) is 0.462. The van der Waals surface area contributed by atoms with E-state index in [4.69, 9.17) is 5.11 Å². The van der Waals surface area contributed by atoms with E-state index < -0.39 is 5.97 Å². The van der Waals surface area contributed by atoms with E-state index in [0.29, 0.717) is 18.8 Å². The lowest BCUT2D eigenvalue weighted by molar-refractivity contribution is -0.121. The van der Waals surface area contributed by atoms with Gasteiger partial charge in [-0.25, -0.2) is 4.79 Å². The molecule has 0 aromatic carbocycles. The fourth-order valence-electron chi connectivity index (χ4n) is 1.78. The highest BCUT2D eigenvalue weighted by molar-refractivity contribution is 5.88. The van der Waals surface area contributed by atoms with E-state index in [-0.39, 0.29) is 18.0 Å². The first-order chi connectivity index (χ1) is 9.08. The fourth-order valence-corrected chi connectivity index (χ4v) is 1.78. The number of rotatable bonds is 7. The van der Waals surface area contributed by atoms with Gasteiger partial charge in [0.2, 0.25) is 5.91 Å². The standard InChI is InChI=1S/C13H19N3O3/c1-3-7-16(9-12(17)14-2)8-11-10(13(18)19)5-4-6-15-11/h4-6H,3,7-9H2,1-2H3,(H,14,17)(H,18,19). The van der Waals surface area contributed by atoms with Crippen LogP contribution in [0.2, 0.25) is 0 Å². The number of amides is 1. The van der Waals surface area contributed by atoms with Crippen molar-refractivity contribution in [3.8, 4) is 0 Å². The van der Waals surface area contributed by atoms with Crippen LogP contribution in [-0.2, 0) is 11.3 Å². The van der Waals surface area contributed by atoms with E-state index in [2.05, 4.69) is 10.3 Å². The molecule has 19 heavy (non-hydrogen) atoms. The minimum Gasteiger partial charge on any atom is -0.478 e. The molecule has 1 heterocycles. The highest BCUT2D eigenvalue weighted by atomic mass is 16.4. The molecule has 1 amide bonds. The van der Waals surface area contributed by atoms with Crippen LogP contribution in [0.5, 0.6) is 0 Å². The van der Waals surface area contributed by atoms with Crippen molar-refractivity contribution in [2.75, 3.05) is 20.1 Å². The number of hydrogen-bond donors (Lipinski definition) is 2. The number of nitrogens with one attached hydrogen (secondary N) is 1. The highest BCUT2D eigenvalue weighted by Gasteiger charge is 2.15. The van der Waals surface area contributed by atoms with Gasteiger partial charge in [-0.05, 0) is 25.1 Å². The third-order valence-electron chi connectivity index (χ3n) is 2.68. The van der Waals surface area contributed by atoms with Crippen LogP contribution < -0.4 is 5.32 Å². The van der Waals surface area contributed by atoms with Gasteiger partial charge in [0.25, 0.3) is 0 Å². The molecule has 6 nitrogen and oxygen atoms in total. The summed E-state index contributed by atoms with van der Waals surface area (Å²) in [7, 11) is 1.58. The molecule has 0 bridgehead atoms. The van der Waals surface area contributed by atoms with E-state index in [1.54, 1.807) is 19.3 Å². The van der Waals surface area contributed by atoms with Crippen molar-refractivity contribution in [3.05, 3.63) is 29.6 Å². The maximum atomic E-state index is 11.4. The van der Waals surface area contributed by atoms with Crippen molar-refractivity contribution in [2.45, 2.75) is 19.9 Å². The summed E-state index contributed by atoms with van der Waals surface area (Å²) in [5.41, 5.74) is 0.660. The number of carboxylic acids is 1. The Kier molecular flexibility index (Phi) is 5.95. The van der Waals surface area contributed by atoms with E-state index in [0.717, 1.165) is 6.42 Å². The van der Waals surface area contributed by atoms with Crippen molar-refractivity contribution < 1.29 is 14.7 Å². The number of nitrogens with zero attached hydrogens (tertiary/aromatic N) is 2. The topological polar surface area (TPSA) is 82.5 Å². The second kappa shape index (κ2) is 7.48. The summed E-state index contributed by atoms with van der Waals surface area (Å²) in [6.07, 6.45) is 2.44. The van der Waals surface area contributed by atoms with Gasteiger partial charge < -0.3 is 10.4 Å². The summed E-state index contributed by atoms with van der Waals surface area (Å²) in [6, 6.07) is 3.12. The summed E-state index contributed by atoms with van der Waals surface area (Å²) in [4.78, 5) is 28.5. The number of hydrogen-bond acceptors (Lipinski definition) is 4. The van der Waals surface area contributed by atoms with Gasteiger partial charge in [-0.3, -0.25) is 14.7 Å². The zero-order chi connectivity index (χ0) is 14.3. The molecule has 6 heteroatoms. The predicted molar refractivity (Wildman–Crippen MR) is 70.8 cm³/mol. The minimum absolute atomic E-state index is 0.0961. The van der Waals surface area contributed by atoms with E-state index in [1.807, 2.05) is 11.8 Å². The molecule has 0 saturated carbocycles. The van der Waals surface area contributed by atoms with E-state index >= 15 is 0 Å². The van der Waals surface area contributed by atoms with Gasteiger partial charge in [0, 0.05) is 19.8 Å². The molecule has 1 aromatic rings. The van der Waals surface area contributed by atoms with Crippen LogP contribution >= 0.6 is 0 Å². The van der Waals surface area contributed by atoms with Gasteiger partial charge in [-0.15, -0.1) is 0 Å². The van der Waals surface area contributed by atoms with Crippen LogP contribution in [0, 0.1) is 0 Å². The number of carbonyl (C=O) groups excluding carboxylic acids is 1. The van der Waals surface area contributed by atoms with Crippen molar-refractivity contribution in [1.29, 1.82) is 0 Å². The molecular formula is C13H19N3O3. The molecule has 1 aromatic heterocycles. The molecule has 0 atom stereocenters. The molecule has 0 radical (unpaired) electrons. The smallest absolute Gasteiger partial charge is 0.337 e. The first kappa shape index (κ1) is 15.1. The molecule has 2 N–H and O–H groups in total. The number of carbonyl (C=O) groups is 2. The zero-order valence-electron chi connectivity index (χ0n) is 11.2. The van der Waals surface area contributed by atoms with Gasteiger partial charge in [-0.1, -0.05) is 6.92 Å². The Morgan fingerprint density at radius 1 is 1.47 bits per heavy atom. The molecule has 0 aliphatic rings. The van der Waals surface area contributed by atoms with Crippen LogP contribution in [0.1, 0.15) is 29.4 Å². The molecule has 0 spiro atoms. The van der Waals surface area contributed by atoms with Crippen molar-refractivity contribution in [3.63, 3.8) is 0 Å². The third-order valence-corrected chi connectivity index (χ3v) is 2.68. The highest BCUT2D eigenvalue weighted by Crippen LogP contribution is 2.09. The number of pyridine rings is 1. The molecule has 104 valence electrons. The Balaban J connectivity index is 2.84. The summed E-state index contributed by atoms with van der Waals surface area (Å²) in [5, 5.41) is 11.7. The molecule has 0 unspecified atom stereocenters. The lowest BCUT2D eigenvalue weighted by Crippen LogP contribution is -2.36. The van der Waals surface area contributed by atoms with Crippen LogP contribution in [0.4, 0.5) is 0 Å². The normalized spacial score (nSPS) is 10.5. The maximum absolute atomic E-state index is 11.4. The number of aromatic carboxylic acids is 1. The first-order valence-electron chi connectivity index (χ1n) is 6.18. The van der Waals surface area contributed by atoms with Gasteiger partial charge in [-0.2, -0.15) is 0 Å². The van der Waals surface area contributed by atoms with Gasteiger partial charge >= 0.3 is 5.97 Å². The molecule has 1 rings (SSSR count). The number of likely N-dealkylation sites (N-methyl/N-ethyl adjacent to an activating group) is 1. The second-order valence-electron chi connectivity index (χ2n) is 4.19. The van der Waals surface area contributed by atoms with Gasteiger partial charge in [0.15, 0.2) is 0 Å². The molecular weight excluding hydrogens is 246 g/mol. The average molecular weight is 265 g/mol. The van der Waals surface area contributed by atoms with Gasteiger partial charge in [0.05, 0.1) is 17.8 Å². The van der Waals surface area contributed by atoms with Crippen LogP contribution in [0.3, 0.4) is 0 Å². The Hall–Kier alpha value is -1.95. The van der Waals surface area contributed by atoms with Crippen LogP contribution in [-0.4, -0.2) is 47.0 Å². The number of aromatic nitrogens is 1. The SMILES string of the molecule is CCCN(CC(=O)NC)Cc1ncccc1C(=O)O. The summed E-state index contributed by atoms with van der Waals surface area (Å²) in [5.74, 6) is -1.10. The maximum Gasteiger partial charge on any atom is 0.337 e. The zero-order valence-corrected chi connectivity index (χ0v) is 11.2. The average Bonchev–Trinajstić information content (AvgIpc) is 2.39. The van der Waals surface area contributed by atoms with Gasteiger partial charge in [0.1, 0.15) is 0 Å². The third kappa shape index (κ3) is 4.67. The molecule has 0 fully saturated rings. The van der Waals surface area contributed by atoms with Crippen molar-refractivity contribution >= 4 is 11.9 Å². The van der Waals surface area contributed by atoms with Crippen molar-refractivity contribution in [2.24, 2.45) is 0 Å². The minimum atomic E-state index is -1.00. The van der Waals surface area contributed by atoms with Crippen LogP contribution in [0.25, 0.3) is 0 Å². The van der Waals surface area contributed by atoms with E-state index in [9.17, 15) is 9.59 Å². The molecule has 0 aliphatic heterocycles. The molecule has 0 saturated heterocycles. The molecule has 0 aliphatic carbocycles. The Morgan fingerprint density at radius 2 is 2.21 bits per heavy atom. The van der Waals surface area contributed by atoms with E-state index in [1.165, 1.54) is 6.07 Å². The Labute approximate surface area is 112 Å². The summed E-state index contributed by atoms with van der Waals surface area (Å²) < 4.78 is 0. The Bertz CT molecular complexity index is 449. The van der Waals surface area contributed by atoms with Crippen molar-refractivity contribution in [1.82, 2.24) is 15.2 Å². The predicted octanol–water partition coefficient (Wildman–Crippen LogP) is 0.738. The van der Waals surface area contributed by atoms with Crippen LogP contribution in [0.15, 0.2) is 18.3 Å². The quantitative estimate of drug-likeness (QED) is 0.759. The largest absolute Gasteiger partial charge is 0.478 e. The summed E-state index contributed by atoms with van der Waals surface area (Å²) in [6.45, 7) is 3.31. The second-order valence-corrected chi connectivity index (χ2v) is 4.19. The summed E-state index contributed by atoms with van der Waals surface area (Å²) >= 11 is 0. The Morgan fingerprint density at radius 3 is 2.79 bits per heavy atom.